The van der Waals surface area contributed by atoms with E-state index < -0.39 is 0 Å². The fourth-order valence-corrected chi connectivity index (χ4v) is 3.81. The molecule has 1 aliphatic heterocycles. The lowest BCUT2D eigenvalue weighted by Crippen LogP contribution is -2.43. The second kappa shape index (κ2) is 7.08. The van der Waals surface area contributed by atoms with Gasteiger partial charge >= 0.3 is 0 Å². The number of hydrogen-bond donors (Lipinski definition) is 1. The van der Waals surface area contributed by atoms with Gasteiger partial charge in [0, 0.05) is 21.4 Å². The molecule has 0 fully saturated rings. The second-order valence-corrected chi connectivity index (χ2v) is 7.41. The van der Waals surface area contributed by atoms with Crippen LogP contribution in [-0.4, -0.2) is 13.0 Å². The molecule has 1 atom stereocenters. The predicted molar refractivity (Wildman–Crippen MR) is 111 cm³/mol. The first kappa shape index (κ1) is 17.6. The maximum Gasteiger partial charge on any atom is 0.262 e. The number of carbonyl (C=O) groups excluding carboxylic acids is 1. The lowest BCUT2D eigenvalue weighted by molar-refractivity contribution is 0.0974. The Balaban J connectivity index is 1.92. The zero-order valence-corrected chi connectivity index (χ0v) is 16.7. The molecule has 0 radical (unpaired) electrons. The van der Waals surface area contributed by atoms with Gasteiger partial charge in [0.15, 0.2) is 0 Å². The van der Waals surface area contributed by atoms with Crippen molar-refractivity contribution in [2.45, 2.75) is 13.1 Å². The summed E-state index contributed by atoms with van der Waals surface area (Å²) in [4.78, 5) is 15.2. The molecule has 1 aliphatic rings. The molecule has 0 saturated carbocycles. The summed E-state index contributed by atoms with van der Waals surface area (Å²) in [5.74, 6) is 0.683. The van der Waals surface area contributed by atoms with Gasteiger partial charge in [-0.3, -0.25) is 9.69 Å². The average molecular weight is 423 g/mol. The molecular formula is C22H19BrN2O2. The third-order valence-electron chi connectivity index (χ3n) is 4.69. The Morgan fingerprint density at radius 2 is 1.85 bits per heavy atom. The topological polar surface area (TPSA) is 41.6 Å². The number of aryl methyl sites for hydroxylation is 1. The van der Waals surface area contributed by atoms with Crippen molar-refractivity contribution in [3.63, 3.8) is 0 Å². The number of methoxy groups -OCH3 is 1. The highest BCUT2D eigenvalue weighted by Gasteiger charge is 2.35. The van der Waals surface area contributed by atoms with E-state index in [9.17, 15) is 4.79 Å². The highest BCUT2D eigenvalue weighted by Crippen LogP contribution is 2.40. The normalized spacial score (nSPS) is 15.9. The average Bonchev–Trinajstić information content (AvgIpc) is 2.68. The monoisotopic (exact) mass is 422 g/mol. The molecule has 136 valence electrons. The summed E-state index contributed by atoms with van der Waals surface area (Å²) < 4.78 is 6.51. The summed E-state index contributed by atoms with van der Waals surface area (Å²) in [6.07, 6.45) is -0.387. The summed E-state index contributed by atoms with van der Waals surface area (Å²) in [7, 11) is 1.64. The van der Waals surface area contributed by atoms with Crippen molar-refractivity contribution in [2.24, 2.45) is 0 Å². The van der Waals surface area contributed by atoms with Crippen molar-refractivity contribution in [1.82, 2.24) is 0 Å². The van der Waals surface area contributed by atoms with Gasteiger partial charge in [-0.2, -0.15) is 0 Å². The van der Waals surface area contributed by atoms with E-state index >= 15 is 0 Å². The van der Waals surface area contributed by atoms with Crippen LogP contribution in [0.1, 0.15) is 27.7 Å². The molecule has 4 nitrogen and oxygen atoms in total. The Bertz CT molecular complexity index is 1020. The number of anilines is 2. The number of rotatable bonds is 3. The van der Waals surface area contributed by atoms with Crippen LogP contribution in [0, 0.1) is 6.92 Å². The Morgan fingerprint density at radius 1 is 1.04 bits per heavy atom. The molecule has 5 heteroatoms. The summed E-state index contributed by atoms with van der Waals surface area (Å²) in [6.45, 7) is 2.02. The van der Waals surface area contributed by atoms with E-state index in [0.717, 1.165) is 32.7 Å². The van der Waals surface area contributed by atoms with Crippen LogP contribution in [-0.2, 0) is 0 Å². The van der Waals surface area contributed by atoms with Gasteiger partial charge in [0.1, 0.15) is 11.9 Å². The number of nitrogens with one attached hydrogen (secondary N) is 1. The molecule has 1 amide bonds. The van der Waals surface area contributed by atoms with Gasteiger partial charge in [0.25, 0.3) is 5.91 Å². The van der Waals surface area contributed by atoms with E-state index in [1.165, 1.54) is 0 Å². The lowest BCUT2D eigenvalue weighted by Gasteiger charge is -2.38. The molecule has 27 heavy (non-hydrogen) atoms. The van der Waals surface area contributed by atoms with E-state index in [2.05, 4.69) is 21.2 Å². The number of carbonyl (C=O) groups is 1. The van der Waals surface area contributed by atoms with Gasteiger partial charge in [0.05, 0.1) is 12.7 Å². The molecule has 1 N–H and O–H groups in total. The zero-order valence-electron chi connectivity index (χ0n) is 15.1. The maximum absolute atomic E-state index is 13.4. The third kappa shape index (κ3) is 3.19. The molecule has 4 rings (SSSR count). The minimum Gasteiger partial charge on any atom is -0.496 e. The van der Waals surface area contributed by atoms with E-state index in [1.54, 1.807) is 12.0 Å². The van der Waals surface area contributed by atoms with Crippen molar-refractivity contribution < 1.29 is 9.53 Å². The van der Waals surface area contributed by atoms with Gasteiger partial charge in [-0.1, -0.05) is 40.2 Å². The number of fused-ring (bicyclic) bond motifs is 1. The molecule has 0 spiro atoms. The largest absolute Gasteiger partial charge is 0.496 e. The quantitative estimate of drug-likeness (QED) is 0.602. The summed E-state index contributed by atoms with van der Waals surface area (Å²) in [5, 5.41) is 3.52. The van der Waals surface area contributed by atoms with E-state index in [1.807, 2.05) is 73.7 Å². The minimum absolute atomic E-state index is 0.0398. The van der Waals surface area contributed by atoms with Crippen LogP contribution < -0.4 is 15.0 Å². The Labute approximate surface area is 166 Å². The first-order valence-electron chi connectivity index (χ1n) is 8.67. The van der Waals surface area contributed by atoms with Crippen molar-refractivity contribution in [3.05, 3.63) is 87.9 Å². The van der Waals surface area contributed by atoms with Crippen molar-refractivity contribution in [3.8, 4) is 5.75 Å². The summed E-state index contributed by atoms with van der Waals surface area (Å²) in [6, 6.07) is 21.4. The van der Waals surface area contributed by atoms with Crippen molar-refractivity contribution >= 4 is 33.2 Å². The fourth-order valence-electron chi connectivity index (χ4n) is 3.43. The van der Waals surface area contributed by atoms with Crippen LogP contribution in [0.3, 0.4) is 0 Å². The molecule has 0 unspecified atom stereocenters. The molecule has 3 aromatic rings. The van der Waals surface area contributed by atoms with Gasteiger partial charge < -0.3 is 10.1 Å². The number of nitrogens with zero attached hydrogens (tertiary/aromatic N) is 1. The maximum atomic E-state index is 13.4. The molecule has 1 heterocycles. The summed E-state index contributed by atoms with van der Waals surface area (Å²) in [5.41, 5.74) is 4.30. The minimum atomic E-state index is -0.387. The second-order valence-electron chi connectivity index (χ2n) is 6.49. The summed E-state index contributed by atoms with van der Waals surface area (Å²) >= 11 is 3.54. The number of halogens is 1. The third-order valence-corrected chi connectivity index (χ3v) is 5.19. The van der Waals surface area contributed by atoms with Crippen LogP contribution in [0.4, 0.5) is 11.4 Å². The molecule has 0 saturated heterocycles. The van der Waals surface area contributed by atoms with Crippen LogP contribution in [0.15, 0.2) is 71.2 Å². The predicted octanol–water partition coefficient (Wildman–Crippen LogP) is 5.54. The van der Waals surface area contributed by atoms with Crippen LogP contribution in [0.5, 0.6) is 5.75 Å². The Morgan fingerprint density at radius 3 is 2.63 bits per heavy atom. The lowest BCUT2D eigenvalue weighted by atomic mass is 10.0. The fraction of sp³-hybridized carbons (Fsp3) is 0.136. The highest BCUT2D eigenvalue weighted by molar-refractivity contribution is 9.10. The van der Waals surface area contributed by atoms with Crippen LogP contribution in [0.25, 0.3) is 0 Å². The highest BCUT2D eigenvalue weighted by atomic mass is 79.9. The van der Waals surface area contributed by atoms with E-state index in [4.69, 9.17) is 4.74 Å². The smallest absolute Gasteiger partial charge is 0.262 e. The SMILES string of the molecule is COc1ccc(Br)cc1[C@@H]1Nc2ccccc2C(=O)N1c1cccc(C)c1. The number of para-hydroxylation sites is 1. The molecule has 0 aromatic heterocycles. The molecule has 0 bridgehead atoms. The van der Waals surface area contributed by atoms with Crippen molar-refractivity contribution in [2.75, 3.05) is 17.3 Å². The zero-order chi connectivity index (χ0) is 19.0. The molecule has 0 aliphatic carbocycles. The Hall–Kier alpha value is -2.79. The van der Waals surface area contributed by atoms with E-state index in [-0.39, 0.29) is 12.1 Å². The molecular weight excluding hydrogens is 404 g/mol. The standard InChI is InChI=1S/C22H19BrN2O2/c1-14-6-5-7-16(12-14)25-21(18-13-15(23)10-11-20(18)27-2)24-19-9-4-3-8-17(19)22(25)26/h3-13,21,24H,1-2H3/t21-/m1/s1. The van der Waals surface area contributed by atoms with Gasteiger partial charge in [-0.15, -0.1) is 0 Å². The Kier molecular flexibility index (Phi) is 4.62. The number of amides is 1. The van der Waals surface area contributed by atoms with Crippen LogP contribution >= 0.6 is 15.9 Å². The number of ether oxygens (including phenoxy) is 1. The number of hydrogen-bond acceptors (Lipinski definition) is 3. The van der Waals surface area contributed by atoms with Gasteiger partial charge in [-0.25, -0.2) is 0 Å². The first-order chi connectivity index (χ1) is 13.1. The first-order valence-corrected chi connectivity index (χ1v) is 9.47. The van der Waals surface area contributed by atoms with Gasteiger partial charge in [-0.05, 0) is 55.0 Å². The van der Waals surface area contributed by atoms with E-state index in [0.29, 0.717) is 5.56 Å². The van der Waals surface area contributed by atoms with Crippen LogP contribution in [0.2, 0.25) is 0 Å². The van der Waals surface area contributed by atoms with Gasteiger partial charge in [0.2, 0.25) is 0 Å². The molecule has 3 aromatic carbocycles. The van der Waals surface area contributed by atoms with Crippen molar-refractivity contribution in [1.29, 1.82) is 0 Å². The number of benzene rings is 3.